The van der Waals surface area contributed by atoms with Crippen molar-refractivity contribution in [3.63, 3.8) is 0 Å². The highest BCUT2D eigenvalue weighted by Gasteiger charge is 2.13. The van der Waals surface area contributed by atoms with Crippen molar-refractivity contribution in [2.45, 2.75) is 0 Å². The zero-order valence-corrected chi connectivity index (χ0v) is 24.9. The van der Waals surface area contributed by atoms with E-state index in [0.29, 0.717) is 5.56 Å². The average molecular weight is 586 g/mol. The molecule has 8 aromatic rings. The molecule has 1 aromatic heterocycles. The van der Waals surface area contributed by atoms with E-state index in [1.165, 1.54) is 27.5 Å². The molecular formula is C43H27N3. The Kier molecular flexibility index (Phi) is 6.87. The monoisotopic (exact) mass is 585 g/mol. The Morgan fingerprint density at radius 2 is 0.848 bits per heavy atom. The van der Waals surface area contributed by atoms with Gasteiger partial charge in [-0.3, -0.25) is 0 Å². The molecule has 0 atom stereocenters. The summed E-state index contributed by atoms with van der Waals surface area (Å²) in [4.78, 5) is 9.92. The molecule has 0 unspecified atom stereocenters. The van der Waals surface area contributed by atoms with Gasteiger partial charge in [-0.2, -0.15) is 5.26 Å². The molecule has 0 spiro atoms. The summed E-state index contributed by atoms with van der Waals surface area (Å²) in [5.74, 6) is 0.727. The van der Waals surface area contributed by atoms with Crippen LogP contribution in [0.2, 0.25) is 0 Å². The van der Waals surface area contributed by atoms with Crippen molar-refractivity contribution in [2.75, 3.05) is 0 Å². The molecule has 3 heteroatoms. The second-order valence-electron chi connectivity index (χ2n) is 11.3. The third kappa shape index (κ3) is 4.99. The molecule has 0 N–H and O–H groups in total. The Morgan fingerprint density at radius 3 is 1.43 bits per heavy atom. The van der Waals surface area contributed by atoms with Gasteiger partial charge in [0.25, 0.3) is 0 Å². The Morgan fingerprint density at radius 1 is 0.370 bits per heavy atom. The third-order valence-electron chi connectivity index (χ3n) is 8.57. The molecule has 0 fully saturated rings. The van der Waals surface area contributed by atoms with Gasteiger partial charge in [0.1, 0.15) is 0 Å². The van der Waals surface area contributed by atoms with Gasteiger partial charge in [-0.1, -0.05) is 146 Å². The first kappa shape index (κ1) is 27.2. The molecule has 3 nitrogen and oxygen atoms in total. The summed E-state index contributed by atoms with van der Waals surface area (Å²) < 4.78 is 0. The number of hydrogen-bond acceptors (Lipinski definition) is 3. The van der Waals surface area contributed by atoms with Gasteiger partial charge in [0.05, 0.1) is 22.8 Å². The number of benzene rings is 7. The SMILES string of the molecule is N#Cc1ccc(-c2ccc(-c3ccc(-c4ccc(-c5nc(-c6ccccc6)nc6ccccc56)cc4)c4ccccc34)cc2)cc1. The van der Waals surface area contributed by atoms with Gasteiger partial charge in [0, 0.05) is 16.5 Å². The van der Waals surface area contributed by atoms with Crippen LogP contribution in [0.5, 0.6) is 0 Å². The Labute approximate surface area is 267 Å². The number of aromatic nitrogens is 2. The zero-order chi connectivity index (χ0) is 30.9. The van der Waals surface area contributed by atoms with Gasteiger partial charge in [0.2, 0.25) is 0 Å². The normalized spacial score (nSPS) is 11.0. The van der Waals surface area contributed by atoms with Crippen LogP contribution in [0.3, 0.4) is 0 Å². The van der Waals surface area contributed by atoms with Crippen LogP contribution in [0.25, 0.3) is 77.7 Å². The topological polar surface area (TPSA) is 49.6 Å². The molecule has 0 saturated heterocycles. The number of para-hydroxylation sites is 1. The highest BCUT2D eigenvalue weighted by atomic mass is 14.9. The fraction of sp³-hybridized carbons (Fsp3) is 0. The van der Waals surface area contributed by atoms with E-state index in [4.69, 9.17) is 15.2 Å². The summed E-state index contributed by atoms with van der Waals surface area (Å²) in [5.41, 5.74) is 11.5. The summed E-state index contributed by atoms with van der Waals surface area (Å²) in [6.45, 7) is 0. The maximum atomic E-state index is 9.13. The van der Waals surface area contributed by atoms with Crippen LogP contribution in [0, 0.1) is 11.3 Å². The summed E-state index contributed by atoms with van der Waals surface area (Å²) in [6.07, 6.45) is 0. The zero-order valence-electron chi connectivity index (χ0n) is 24.9. The molecule has 214 valence electrons. The van der Waals surface area contributed by atoms with E-state index in [1.54, 1.807) is 0 Å². The van der Waals surface area contributed by atoms with E-state index in [-0.39, 0.29) is 0 Å². The third-order valence-corrected chi connectivity index (χ3v) is 8.57. The molecule has 1 heterocycles. The summed E-state index contributed by atoms with van der Waals surface area (Å²) in [5, 5.41) is 12.6. The van der Waals surface area contributed by atoms with Gasteiger partial charge in [-0.15, -0.1) is 0 Å². The van der Waals surface area contributed by atoms with Crippen molar-refractivity contribution >= 4 is 21.7 Å². The molecule has 0 aliphatic heterocycles. The van der Waals surface area contributed by atoms with Crippen LogP contribution in [0.1, 0.15) is 5.56 Å². The molecule has 0 radical (unpaired) electrons. The van der Waals surface area contributed by atoms with Crippen molar-refractivity contribution < 1.29 is 0 Å². The van der Waals surface area contributed by atoms with Gasteiger partial charge in [-0.05, 0) is 62.4 Å². The Balaban J connectivity index is 1.16. The predicted molar refractivity (Wildman–Crippen MR) is 189 cm³/mol. The number of nitrogens with zero attached hydrogens (tertiary/aromatic N) is 3. The summed E-state index contributed by atoms with van der Waals surface area (Å²) in [6, 6.07) is 58.7. The molecule has 0 amide bonds. The number of fused-ring (bicyclic) bond motifs is 2. The maximum absolute atomic E-state index is 9.13. The van der Waals surface area contributed by atoms with Crippen LogP contribution in [0.15, 0.2) is 164 Å². The molecular weight excluding hydrogens is 558 g/mol. The molecule has 0 saturated carbocycles. The molecule has 8 rings (SSSR count). The van der Waals surface area contributed by atoms with E-state index in [0.717, 1.165) is 50.2 Å². The summed E-state index contributed by atoms with van der Waals surface area (Å²) >= 11 is 0. The number of nitriles is 1. The van der Waals surface area contributed by atoms with Gasteiger partial charge in [-0.25, -0.2) is 9.97 Å². The lowest BCUT2D eigenvalue weighted by Crippen LogP contribution is -1.95. The van der Waals surface area contributed by atoms with E-state index in [1.807, 2.05) is 54.6 Å². The average Bonchev–Trinajstić information content (AvgIpc) is 3.14. The van der Waals surface area contributed by atoms with Gasteiger partial charge < -0.3 is 0 Å². The van der Waals surface area contributed by atoms with Gasteiger partial charge in [0.15, 0.2) is 5.82 Å². The van der Waals surface area contributed by atoms with E-state index >= 15 is 0 Å². The summed E-state index contributed by atoms with van der Waals surface area (Å²) in [7, 11) is 0. The molecule has 0 aliphatic carbocycles. The Bertz CT molecular complexity index is 2390. The first-order valence-corrected chi connectivity index (χ1v) is 15.3. The second-order valence-corrected chi connectivity index (χ2v) is 11.3. The van der Waals surface area contributed by atoms with Crippen molar-refractivity contribution in [1.82, 2.24) is 9.97 Å². The highest BCUT2D eigenvalue weighted by Crippen LogP contribution is 2.37. The molecule has 0 aliphatic rings. The quantitative estimate of drug-likeness (QED) is 0.202. The van der Waals surface area contributed by atoms with Crippen LogP contribution >= 0.6 is 0 Å². The molecule has 0 bridgehead atoms. The largest absolute Gasteiger partial charge is 0.228 e. The second kappa shape index (κ2) is 11.6. The number of rotatable bonds is 5. The fourth-order valence-corrected chi connectivity index (χ4v) is 6.20. The van der Waals surface area contributed by atoms with Crippen molar-refractivity contribution in [3.8, 4) is 62.1 Å². The minimum absolute atomic E-state index is 0.668. The minimum atomic E-state index is 0.668. The highest BCUT2D eigenvalue weighted by molar-refractivity contribution is 6.05. The van der Waals surface area contributed by atoms with Crippen LogP contribution in [0.4, 0.5) is 0 Å². The van der Waals surface area contributed by atoms with Crippen LogP contribution in [-0.4, -0.2) is 9.97 Å². The smallest absolute Gasteiger partial charge is 0.160 e. The van der Waals surface area contributed by atoms with Crippen molar-refractivity contribution in [1.29, 1.82) is 5.26 Å². The number of hydrogen-bond donors (Lipinski definition) is 0. The maximum Gasteiger partial charge on any atom is 0.160 e. The van der Waals surface area contributed by atoms with Gasteiger partial charge >= 0.3 is 0 Å². The van der Waals surface area contributed by atoms with E-state index < -0.39 is 0 Å². The fourth-order valence-electron chi connectivity index (χ4n) is 6.20. The van der Waals surface area contributed by atoms with E-state index in [2.05, 4.69) is 115 Å². The lowest BCUT2D eigenvalue weighted by atomic mass is 9.91. The Hall–Kier alpha value is -6.37. The first-order valence-electron chi connectivity index (χ1n) is 15.3. The predicted octanol–water partition coefficient (Wildman–Crippen LogP) is 11.0. The molecule has 46 heavy (non-hydrogen) atoms. The van der Waals surface area contributed by atoms with Crippen LogP contribution < -0.4 is 0 Å². The lowest BCUT2D eigenvalue weighted by Gasteiger charge is -2.14. The molecule has 7 aromatic carbocycles. The minimum Gasteiger partial charge on any atom is -0.228 e. The lowest BCUT2D eigenvalue weighted by molar-refractivity contribution is 1.23. The van der Waals surface area contributed by atoms with Crippen LogP contribution in [-0.2, 0) is 0 Å². The standard InChI is InChI=1S/C43H27N3/c44-28-29-14-16-30(17-15-29)31-18-20-32(21-19-31)36-26-27-37(39-11-5-4-10-38(36)39)33-22-24-34(25-23-33)42-40-12-6-7-13-41(40)45-43(46-42)35-8-2-1-3-9-35/h1-27H. The first-order chi connectivity index (χ1) is 22.7. The van der Waals surface area contributed by atoms with E-state index in [9.17, 15) is 0 Å². The van der Waals surface area contributed by atoms with Crippen molar-refractivity contribution in [3.05, 3.63) is 169 Å². The van der Waals surface area contributed by atoms with Crippen molar-refractivity contribution in [2.24, 2.45) is 0 Å².